The maximum absolute atomic E-state index is 2.35. The van der Waals surface area contributed by atoms with Crippen LogP contribution in [0.1, 0.15) is 19.8 Å². The van der Waals surface area contributed by atoms with Gasteiger partial charge in [-0.2, -0.15) is 0 Å². The molecular weight excluding hydrogens is 179 g/mol. The Hall–Kier alpha value is -1.24. The van der Waals surface area contributed by atoms with Crippen molar-refractivity contribution in [3.05, 3.63) is 42.5 Å². The Morgan fingerprint density at radius 1 is 1.00 bits per heavy atom. The SMILES string of the molecule is CCCC[B]c1cccc2ccccc12. The van der Waals surface area contributed by atoms with Gasteiger partial charge in [0.2, 0.25) is 0 Å². The van der Waals surface area contributed by atoms with Crippen LogP contribution < -0.4 is 5.46 Å². The molecule has 0 aliphatic carbocycles. The van der Waals surface area contributed by atoms with Crippen LogP contribution in [0.5, 0.6) is 0 Å². The van der Waals surface area contributed by atoms with E-state index in [4.69, 9.17) is 0 Å². The predicted octanol–water partition coefficient (Wildman–Crippen LogP) is 3.39. The molecule has 2 aromatic carbocycles. The number of hydrogen-bond acceptors (Lipinski definition) is 0. The van der Waals surface area contributed by atoms with E-state index in [2.05, 4.69) is 56.7 Å². The molecule has 0 nitrogen and oxygen atoms in total. The first kappa shape index (κ1) is 10.3. The number of benzene rings is 2. The average Bonchev–Trinajstić information content (AvgIpc) is 2.30. The van der Waals surface area contributed by atoms with Gasteiger partial charge in [0.15, 0.2) is 7.28 Å². The third-order valence-electron chi connectivity index (χ3n) is 2.75. The van der Waals surface area contributed by atoms with Crippen molar-refractivity contribution in [3.8, 4) is 0 Å². The van der Waals surface area contributed by atoms with Gasteiger partial charge < -0.3 is 0 Å². The summed E-state index contributed by atoms with van der Waals surface area (Å²) in [6.45, 7) is 2.23. The van der Waals surface area contributed by atoms with E-state index >= 15 is 0 Å². The summed E-state index contributed by atoms with van der Waals surface area (Å²) in [6, 6.07) is 15.1. The number of rotatable bonds is 4. The van der Waals surface area contributed by atoms with Gasteiger partial charge in [-0.05, 0) is 10.8 Å². The number of unbranched alkanes of at least 4 members (excludes halogenated alkanes) is 1. The number of fused-ring (bicyclic) bond motifs is 1. The molecule has 1 heteroatoms. The highest BCUT2D eigenvalue weighted by molar-refractivity contribution is 6.57. The van der Waals surface area contributed by atoms with Gasteiger partial charge in [-0.1, -0.05) is 74.0 Å². The Morgan fingerprint density at radius 2 is 1.80 bits per heavy atom. The van der Waals surface area contributed by atoms with E-state index in [1.54, 1.807) is 0 Å². The molecule has 0 heterocycles. The molecule has 75 valence electrons. The zero-order valence-electron chi connectivity index (χ0n) is 9.24. The third-order valence-corrected chi connectivity index (χ3v) is 2.75. The highest BCUT2D eigenvalue weighted by Crippen LogP contribution is 2.10. The molecule has 0 saturated heterocycles. The van der Waals surface area contributed by atoms with Crippen LogP contribution in [-0.2, 0) is 0 Å². The first-order valence-electron chi connectivity index (χ1n) is 5.73. The zero-order chi connectivity index (χ0) is 10.5. The average molecular weight is 195 g/mol. The van der Waals surface area contributed by atoms with E-state index in [-0.39, 0.29) is 0 Å². The summed E-state index contributed by atoms with van der Waals surface area (Å²) in [5.41, 5.74) is 1.38. The minimum Gasteiger partial charge on any atom is -0.0801 e. The van der Waals surface area contributed by atoms with Crippen molar-refractivity contribution in [1.82, 2.24) is 0 Å². The van der Waals surface area contributed by atoms with E-state index in [1.807, 2.05) is 0 Å². The van der Waals surface area contributed by atoms with Crippen LogP contribution >= 0.6 is 0 Å². The molecule has 0 saturated carbocycles. The van der Waals surface area contributed by atoms with Crippen molar-refractivity contribution in [2.75, 3.05) is 0 Å². The van der Waals surface area contributed by atoms with E-state index < -0.39 is 0 Å². The van der Waals surface area contributed by atoms with Crippen LogP contribution in [0.4, 0.5) is 0 Å². The summed E-state index contributed by atoms with van der Waals surface area (Å²) in [6.07, 6.45) is 3.73. The Labute approximate surface area is 92.6 Å². The summed E-state index contributed by atoms with van der Waals surface area (Å²) in [5, 5.41) is 2.71. The Morgan fingerprint density at radius 3 is 2.67 bits per heavy atom. The Bertz CT molecular complexity index is 429. The van der Waals surface area contributed by atoms with Gasteiger partial charge in [0, 0.05) is 0 Å². The lowest BCUT2D eigenvalue weighted by Gasteiger charge is -2.04. The lowest BCUT2D eigenvalue weighted by Crippen LogP contribution is -2.14. The van der Waals surface area contributed by atoms with Crippen molar-refractivity contribution >= 4 is 23.5 Å². The Kier molecular flexibility index (Phi) is 3.44. The van der Waals surface area contributed by atoms with Crippen molar-refractivity contribution in [3.63, 3.8) is 0 Å². The molecule has 15 heavy (non-hydrogen) atoms. The standard InChI is InChI=1S/C14H16B/c1-2-3-11-15-14-10-6-8-12-7-4-5-9-13(12)14/h4-10H,2-3,11H2,1H3. The maximum Gasteiger partial charge on any atom is 0.152 e. The Balaban J connectivity index is 2.26. The van der Waals surface area contributed by atoms with E-state index in [1.165, 1.54) is 35.4 Å². The zero-order valence-corrected chi connectivity index (χ0v) is 9.24. The molecular formula is C14H16B. The van der Waals surface area contributed by atoms with Crippen LogP contribution in [-0.4, -0.2) is 7.28 Å². The molecule has 0 bridgehead atoms. The summed E-state index contributed by atoms with van der Waals surface area (Å²) in [5.74, 6) is 0. The van der Waals surface area contributed by atoms with Gasteiger partial charge in [0.25, 0.3) is 0 Å². The lowest BCUT2D eigenvalue weighted by atomic mass is 9.64. The fraction of sp³-hybridized carbons (Fsp3) is 0.286. The first-order valence-corrected chi connectivity index (χ1v) is 5.73. The minimum atomic E-state index is 1.19. The van der Waals surface area contributed by atoms with Gasteiger partial charge in [-0.15, -0.1) is 0 Å². The molecule has 0 spiro atoms. The molecule has 1 radical (unpaired) electrons. The molecule has 0 fully saturated rings. The van der Waals surface area contributed by atoms with Gasteiger partial charge >= 0.3 is 0 Å². The summed E-state index contributed by atoms with van der Waals surface area (Å²) >= 11 is 0. The van der Waals surface area contributed by atoms with Crippen LogP contribution in [0.3, 0.4) is 0 Å². The van der Waals surface area contributed by atoms with Gasteiger partial charge in [-0.25, -0.2) is 0 Å². The topological polar surface area (TPSA) is 0 Å². The summed E-state index contributed by atoms with van der Waals surface area (Å²) in [4.78, 5) is 0. The fourth-order valence-corrected chi connectivity index (χ4v) is 1.89. The monoisotopic (exact) mass is 195 g/mol. The smallest absolute Gasteiger partial charge is 0.0801 e. The summed E-state index contributed by atoms with van der Waals surface area (Å²) in [7, 11) is 2.35. The van der Waals surface area contributed by atoms with Crippen molar-refractivity contribution in [2.45, 2.75) is 26.1 Å². The van der Waals surface area contributed by atoms with Crippen LogP contribution in [0.15, 0.2) is 42.5 Å². The van der Waals surface area contributed by atoms with E-state index in [0.29, 0.717) is 0 Å². The summed E-state index contributed by atoms with van der Waals surface area (Å²) < 4.78 is 0. The van der Waals surface area contributed by atoms with Crippen LogP contribution in [0.25, 0.3) is 10.8 Å². The van der Waals surface area contributed by atoms with Crippen molar-refractivity contribution in [2.24, 2.45) is 0 Å². The molecule has 2 rings (SSSR count). The first-order chi connectivity index (χ1) is 7.42. The molecule has 0 aliphatic rings. The lowest BCUT2D eigenvalue weighted by molar-refractivity contribution is 0.881. The highest BCUT2D eigenvalue weighted by atomic mass is 14.0. The quantitative estimate of drug-likeness (QED) is 0.518. The predicted molar refractivity (Wildman–Crippen MR) is 69.1 cm³/mol. The highest BCUT2D eigenvalue weighted by Gasteiger charge is 2.00. The normalized spacial score (nSPS) is 10.5. The second-order valence-corrected chi connectivity index (χ2v) is 3.91. The van der Waals surface area contributed by atoms with Crippen molar-refractivity contribution in [1.29, 1.82) is 0 Å². The van der Waals surface area contributed by atoms with E-state index in [9.17, 15) is 0 Å². The van der Waals surface area contributed by atoms with Gasteiger partial charge in [0.1, 0.15) is 0 Å². The molecule has 0 aromatic heterocycles. The second kappa shape index (κ2) is 5.02. The maximum atomic E-state index is 2.35. The van der Waals surface area contributed by atoms with E-state index in [0.717, 1.165) is 0 Å². The number of hydrogen-bond donors (Lipinski definition) is 0. The van der Waals surface area contributed by atoms with Crippen molar-refractivity contribution < 1.29 is 0 Å². The molecule has 0 amide bonds. The van der Waals surface area contributed by atoms with Crippen LogP contribution in [0.2, 0.25) is 6.32 Å². The minimum absolute atomic E-state index is 1.19. The fourth-order valence-electron chi connectivity index (χ4n) is 1.89. The molecule has 2 aromatic rings. The van der Waals surface area contributed by atoms with Gasteiger partial charge in [-0.3, -0.25) is 0 Å². The third kappa shape index (κ3) is 2.41. The molecule has 0 aliphatic heterocycles. The molecule has 0 unspecified atom stereocenters. The van der Waals surface area contributed by atoms with Gasteiger partial charge in [0.05, 0.1) is 0 Å². The second-order valence-electron chi connectivity index (χ2n) is 3.91. The molecule has 0 N–H and O–H groups in total. The van der Waals surface area contributed by atoms with Crippen LogP contribution in [0, 0.1) is 0 Å². The molecule has 0 atom stereocenters. The largest absolute Gasteiger partial charge is 0.152 e.